The van der Waals surface area contributed by atoms with E-state index in [2.05, 4.69) is 27.2 Å². The molecule has 2 aromatic carbocycles. The molecule has 0 unspecified atom stereocenters. The van der Waals surface area contributed by atoms with Crippen LogP contribution in [-0.4, -0.2) is 47.2 Å². The van der Waals surface area contributed by atoms with Crippen LogP contribution in [0.4, 0.5) is 14.6 Å². The van der Waals surface area contributed by atoms with Gasteiger partial charge in [0.05, 0.1) is 11.0 Å². The van der Waals surface area contributed by atoms with E-state index < -0.39 is 0 Å². The van der Waals surface area contributed by atoms with E-state index in [0.717, 1.165) is 23.7 Å². The zero-order chi connectivity index (χ0) is 21.4. The third kappa shape index (κ3) is 4.27. The molecule has 1 N–H and O–H groups in total. The summed E-state index contributed by atoms with van der Waals surface area (Å²) in [6.45, 7) is 1.46. The van der Waals surface area contributed by atoms with Crippen molar-refractivity contribution >= 4 is 27.6 Å². The van der Waals surface area contributed by atoms with Crippen molar-refractivity contribution in [1.82, 2.24) is 14.9 Å². The molecule has 0 saturated carbocycles. The Bertz CT molecular complexity index is 1250. The molecule has 1 fully saturated rings. The summed E-state index contributed by atoms with van der Waals surface area (Å²) < 4.78 is 33.0. The molecule has 3 heterocycles. The van der Waals surface area contributed by atoms with Crippen LogP contribution in [0.1, 0.15) is 6.42 Å². The summed E-state index contributed by atoms with van der Waals surface area (Å²) >= 11 is 0. The molecule has 7 heteroatoms. The number of likely N-dealkylation sites (N-methyl/N-ethyl adjacent to an activating group) is 1. The maximum absolute atomic E-state index is 13.5. The van der Waals surface area contributed by atoms with E-state index in [1.54, 1.807) is 12.1 Å². The van der Waals surface area contributed by atoms with Crippen molar-refractivity contribution in [3.8, 4) is 5.88 Å². The van der Waals surface area contributed by atoms with Gasteiger partial charge in [0, 0.05) is 54.5 Å². The van der Waals surface area contributed by atoms with Gasteiger partial charge in [-0.3, -0.25) is 4.90 Å². The fraction of sp³-hybridized carbons (Fsp3) is 0.250. The van der Waals surface area contributed by atoms with Gasteiger partial charge in [0.25, 0.3) is 0 Å². The molecule has 4 aromatic rings. The molecule has 0 aliphatic carbocycles. The number of fused-ring (bicyclic) bond motifs is 2. The lowest BCUT2D eigenvalue weighted by molar-refractivity contribution is 0.200. The number of anilines is 1. The van der Waals surface area contributed by atoms with E-state index in [1.165, 1.54) is 24.3 Å². The van der Waals surface area contributed by atoms with Gasteiger partial charge in [-0.2, -0.15) is 0 Å². The number of hydrogen-bond acceptors (Lipinski definition) is 5. The van der Waals surface area contributed by atoms with Gasteiger partial charge in [0.1, 0.15) is 23.6 Å². The van der Waals surface area contributed by atoms with Gasteiger partial charge in [-0.05, 0) is 49.5 Å². The summed E-state index contributed by atoms with van der Waals surface area (Å²) in [5, 5.41) is 5.14. The summed E-state index contributed by atoms with van der Waals surface area (Å²) in [5.41, 5.74) is 1.21. The van der Waals surface area contributed by atoms with E-state index in [1.807, 2.05) is 24.3 Å². The Labute approximate surface area is 178 Å². The highest BCUT2D eigenvalue weighted by Crippen LogP contribution is 2.24. The highest BCUT2D eigenvalue weighted by atomic mass is 19.1. The number of likely N-dealkylation sites (tertiary alicyclic amines) is 1. The molecule has 31 heavy (non-hydrogen) atoms. The Balaban J connectivity index is 1.22. The van der Waals surface area contributed by atoms with Crippen molar-refractivity contribution in [3.63, 3.8) is 0 Å². The van der Waals surface area contributed by atoms with Crippen LogP contribution < -0.4 is 10.1 Å². The van der Waals surface area contributed by atoms with Crippen LogP contribution in [0.25, 0.3) is 21.8 Å². The largest absolute Gasteiger partial charge is 0.473 e. The maximum atomic E-state index is 13.5. The fourth-order valence-electron chi connectivity index (χ4n) is 4.07. The first-order chi connectivity index (χ1) is 15.0. The summed E-state index contributed by atoms with van der Waals surface area (Å²) in [7, 11) is 2.06. The lowest BCUT2D eigenvalue weighted by Gasteiger charge is -2.19. The van der Waals surface area contributed by atoms with Gasteiger partial charge >= 0.3 is 0 Å². The molecule has 1 aliphatic heterocycles. The normalized spacial score (nSPS) is 19.2. The summed E-state index contributed by atoms with van der Waals surface area (Å²) in [4.78, 5) is 11.2. The molecule has 2 atom stereocenters. The van der Waals surface area contributed by atoms with E-state index in [-0.39, 0.29) is 23.8 Å². The molecule has 0 radical (unpaired) electrons. The van der Waals surface area contributed by atoms with Crippen LogP contribution in [0, 0.1) is 11.6 Å². The number of ether oxygens (including phenoxy) is 1. The second-order valence-corrected chi connectivity index (χ2v) is 7.97. The second kappa shape index (κ2) is 8.07. The number of benzene rings is 2. The average Bonchev–Trinajstić information content (AvgIpc) is 3.10. The molecule has 2 aromatic heterocycles. The van der Waals surface area contributed by atoms with Crippen LogP contribution in [0.2, 0.25) is 0 Å². The average molecular weight is 420 g/mol. The third-order valence-electron chi connectivity index (χ3n) is 5.74. The van der Waals surface area contributed by atoms with Crippen molar-refractivity contribution in [2.45, 2.75) is 18.6 Å². The van der Waals surface area contributed by atoms with Crippen molar-refractivity contribution in [3.05, 3.63) is 72.3 Å². The van der Waals surface area contributed by atoms with Gasteiger partial charge in [-0.15, -0.1) is 0 Å². The summed E-state index contributed by atoms with van der Waals surface area (Å²) in [6.07, 6.45) is 0.822. The van der Waals surface area contributed by atoms with Gasteiger partial charge < -0.3 is 10.1 Å². The number of hydrogen-bond donors (Lipinski definition) is 1. The maximum Gasteiger partial charge on any atom is 0.214 e. The molecule has 5 nitrogen and oxygen atoms in total. The monoisotopic (exact) mass is 420 g/mol. The molecule has 158 valence electrons. The topological polar surface area (TPSA) is 50.3 Å². The highest BCUT2D eigenvalue weighted by Gasteiger charge is 2.31. The number of rotatable bonds is 5. The number of nitrogens with zero attached hydrogens (tertiary/aromatic N) is 3. The lowest BCUT2D eigenvalue weighted by Crippen LogP contribution is -2.31. The molecule has 1 aliphatic rings. The van der Waals surface area contributed by atoms with Crippen molar-refractivity contribution in [1.29, 1.82) is 0 Å². The van der Waals surface area contributed by atoms with Gasteiger partial charge in [0.2, 0.25) is 5.88 Å². The van der Waals surface area contributed by atoms with E-state index in [0.29, 0.717) is 29.3 Å². The summed E-state index contributed by atoms with van der Waals surface area (Å²) in [5.74, 6) is 0.615. The fourth-order valence-corrected chi connectivity index (χ4v) is 4.07. The Morgan fingerprint density at radius 2 is 1.58 bits per heavy atom. The smallest absolute Gasteiger partial charge is 0.214 e. The zero-order valence-electron chi connectivity index (χ0n) is 17.1. The van der Waals surface area contributed by atoms with E-state index in [4.69, 9.17) is 4.74 Å². The Hall–Kier alpha value is -3.32. The molecule has 1 saturated heterocycles. The van der Waals surface area contributed by atoms with Gasteiger partial charge in [-0.25, -0.2) is 18.7 Å². The van der Waals surface area contributed by atoms with Crippen molar-refractivity contribution in [2.24, 2.45) is 0 Å². The number of aromatic nitrogens is 2. The van der Waals surface area contributed by atoms with Crippen molar-refractivity contribution < 1.29 is 13.5 Å². The first-order valence-electron chi connectivity index (χ1n) is 10.3. The second-order valence-electron chi connectivity index (χ2n) is 7.97. The molecule has 5 rings (SSSR count). The predicted octanol–water partition coefficient (Wildman–Crippen LogP) is 4.62. The SMILES string of the molecule is CN1C[C@H](Oc2ccc3ccc(F)cc3n2)C[C@H]1CNc1ccc2ccc(F)cc2n1. The molecular weight excluding hydrogens is 398 g/mol. The minimum atomic E-state index is -0.311. The van der Waals surface area contributed by atoms with Gasteiger partial charge in [0.15, 0.2) is 0 Å². The van der Waals surface area contributed by atoms with E-state index in [9.17, 15) is 8.78 Å². The number of nitrogens with one attached hydrogen (secondary N) is 1. The molecular formula is C24H22F2N4O. The van der Waals surface area contributed by atoms with E-state index >= 15 is 0 Å². The molecule has 0 spiro atoms. The Morgan fingerprint density at radius 1 is 0.935 bits per heavy atom. The third-order valence-corrected chi connectivity index (χ3v) is 5.74. The first kappa shape index (κ1) is 19.6. The number of pyridine rings is 2. The van der Waals surface area contributed by atoms with Crippen molar-refractivity contribution in [2.75, 3.05) is 25.5 Å². The first-order valence-corrected chi connectivity index (χ1v) is 10.3. The zero-order valence-corrected chi connectivity index (χ0v) is 17.1. The Morgan fingerprint density at radius 3 is 2.32 bits per heavy atom. The minimum absolute atomic E-state index is 0.00559. The standard InChI is InChI=1S/C24H22F2N4O/c1-30-14-20(31-24-9-5-16-3-7-18(26)11-22(16)29-24)12-19(30)13-27-23-8-4-15-2-6-17(25)10-21(15)28-23/h2-11,19-20H,12-14H2,1H3,(H,27,28)/t19-,20+/m0/s1. The van der Waals surface area contributed by atoms with Crippen LogP contribution in [-0.2, 0) is 0 Å². The predicted molar refractivity (Wildman–Crippen MR) is 117 cm³/mol. The van der Waals surface area contributed by atoms with Crippen LogP contribution in [0.5, 0.6) is 5.88 Å². The highest BCUT2D eigenvalue weighted by molar-refractivity contribution is 5.80. The minimum Gasteiger partial charge on any atom is -0.473 e. The quantitative estimate of drug-likeness (QED) is 0.510. The number of halogens is 2. The van der Waals surface area contributed by atoms with Crippen LogP contribution in [0.3, 0.4) is 0 Å². The lowest BCUT2D eigenvalue weighted by atomic mass is 10.2. The van der Waals surface area contributed by atoms with Crippen LogP contribution in [0.15, 0.2) is 60.7 Å². The van der Waals surface area contributed by atoms with Gasteiger partial charge in [-0.1, -0.05) is 0 Å². The molecule has 0 bridgehead atoms. The van der Waals surface area contributed by atoms with Crippen LogP contribution >= 0.6 is 0 Å². The molecule has 0 amide bonds. The Kier molecular flexibility index (Phi) is 5.11. The summed E-state index contributed by atoms with van der Waals surface area (Å²) in [6, 6.07) is 17.0.